The lowest BCUT2D eigenvalue weighted by Crippen LogP contribution is -2.35. The second-order valence-corrected chi connectivity index (χ2v) is 5.07. The monoisotopic (exact) mass is 283 g/mol. The first kappa shape index (κ1) is 14.4. The Morgan fingerprint density at radius 2 is 2.21 bits per heavy atom. The van der Waals surface area contributed by atoms with E-state index < -0.39 is 0 Å². The highest BCUT2D eigenvalue weighted by Gasteiger charge is 2.29. The number of hydrogen-bond acceptors (Lipinski definition) is 2. The van der Waals surface area contributed by atoms with E-state index in [4.69, 9.17) is 4.42 Å². The Hall–Kier alpha value is -1.06. The van der Waals surface area contributed by atoms with Gasteiger partial charge in [0.25, 0.3) is 0 Å². The van der Waals surface area contributed by atoms with Crippen molar-refractivity contribution in [2.45, 2.75) is 25.7 Å². The number of furan rings is 1. The number of rotatable bonds is 2. The lowest BCUT2D eigenvalue weighted by molar-refractivity contribution is 0.311. The SMILES string of the molecule is CC[C@H]1CNCC[C@H]1c1c(F)ccc2ccoc12.Cl. The summed E-state index contributed by atoms with van der Waals surface area (Å²) < 4.78 is 19.7. The van der Waals surface area contributed by atoms with Gasteiger partial charge in [-0.2, -0.15) is 0 Å². The number of benzene rings is 1. The molecule has 2 atom stereocenters. The molecule has 2 aromatic rings. The summed E-state index contributed by atoms with van der Waals surface area (Å²) in [5.41, 5.74) is 1.52. The second-order valence-electron chi connectivity index (χ2n) is 5.07. The Labute approximate surface area is 118 Å². The minimum atomic E-state index is -0.122. The van der Waals surface area contributed by atoms with Crippen LogP contribution < -0.4 is 5.32 Å². The highest BCUT2D eigenvalue weighted by molar-refractivity contribution is 5.85. The molecule has 19 heavy (non-hydrogen) atoms. The van der Waals surface area contributed by atoms with Crippen molar-refractivity contribution in [3.8, 4) is 0 Å². The van der Waals surface area contributed by atoms with Crippen LogP contribution in [0.15, 0.2) is 28.9 Å². The van der Waals surface area contributed by atoms with Crippen molar-refractivity contribution < 1.29 is 8.81 Å². The third-order valence-electron chi connectivity index (χ3n) is 4.11. The molecule has 1 fully saturated rings. The second kappa shape index (κ2) is 5.93. The van der Waals surface area contributed by atoms with E-state index in [1.165, 1.54) is 0 Å². The highest BCUT2D eigenvalue weighted by atomic mass is 35.5. The molecule has 1 aromatic heterocycles. The molecule has 0 aliphatic carbocycles. The van der Waals surface area contributed by atoms with Crippen molar-refractivity contribution in [3.05, 3.63) is 35.8 Å². The molecule has 104 valence electrons. The predicted molar refractivity (Wildman–Crippen MR) is 77.4 cm³/mol. The van der Waals surface area contributed by atoms with E-state index in [0.717, 1.165) is 42.5 Å². The molecule has 1 saturated heterocycles. The lowest BCUT2D eigenvalue weighted by atomic mass is 9.79. The number of hydrogen-bond donors (Lipinski definition) is 1. The van der Waals surface area contributed by atoms with Crippen molar-refractivity contribution in [1.29, 1.82) is 0 Å². The van der Waals surface area contributed by atoms with Gasteiger partial charge in [-0.25, -0.2) is 4.39 Å². The molecule has 2 heterocycles. The first-order valence-electron chi connectivity index (χ1n) is 6.67. The summed E-state index contributed by atoms with van der Waals surface area (Å²) in [5, 5.41) is 4.39. The summed E-state index contributed by atoms with van der Waals surface area (Å²) in [6.07, 6.45) is 3.69. The van der Waals surface area contributed by atoms with Gasteiger partial charge in [0.2, 0.25) is 0 Å². The van der Waals surface area contributed by atoms with Crippen LogP contribution in [0.1, 0.15) is 31.2 Å². The third kappa shape index (κ3) is 2.49. The maximum absolute atomic E-state index is 14.2. The van der Waals surface area contributed by atoms with E-state index in [2.05, 4.69) is 12.2 Å². The van der Waals surface area contributed by atoms with E-state index in [1.807, 2.05) is 6.07 Å². The van der Waals surface area contributed by atoms with Crippen molar-refractivity contribution in [1.82, 2.24) is 5.32 Å². The zero-order chi connectivity index (χ0) is 12.5. The van der Waals surface area contributed by atoms with Crippen molar-refractivity contribution >= 4 is 23.4 Å². The van der Waals surface area contributed by atoms with Gasteiger partial charge in [-0.05, 0) is 49.5 Å². The van der Waals surface area contributed by atoms with Gasteiger partial charge in [-0.1, -0.05) is 13.3 Å². The largest absolute Gasteiger partial charge is 0.464 e. The van der Waals surface area contributed by atoms with Gasteiger partial charge >= 0.3 is 0 Å². The number of halogens is 2. The molecular weight excluding hydrogens is 265 g/mol. The standard InChI is InChI=1S/C15H18FNO.ClH/c1-2-10-9-17-7-5-12(10)14-13(16)4-3-11-6-8-18-15(11)14;/h3-4,6,8,10,12,17H,2,5,7,9H2,1H3;1H/t10-,12+;/m0./s1. The Morgan fingerprint density at radius 3 is 3.00 bits per heavy atom. The van der Waals surface area contributed by atoms with Gasteiger partial charge in [-0.3, -0.25) is 0 Å². The minimum Gasteiger partial charge on any atom is -0.464 e. The summed E-state index contributed by atoms with van der Waals surface area (Å²) in [6.45, 7) is 4.10. The summed E-state index contributed by atoms with van der Waals surface area (Å²) in [6, 6.07) is 5.27. The zero-order valence-electron chi connectivity index (χ0n) is 11.0. The molecule has 0 unspecified atom stereocenters. The first-order valence-corrected chi connectivity index (χ1v) is 6.67. The number of fused-ring (bicyclic) bond motifs is 1. The number of piperidine rings is 1. The molecule has 1 N–H and O–H groups in total. The van der Waals surface area contributed by atoms with Crippen LogP contribution in [0.3, 0.4) is 0 Å². The molecule has 0 amide bonds. The van der Waals surface area contributed by atoms with Crippen LogP contribution in [-0.2, 0) is 0 Å². The highest BCUT2D eigenvalue weighted by Crippen LogP contribution is 2.38. The average Bonchev–Trinajstić information content (AvgIpc) is 2.87. The molecule has 0 radical (unpaired) electrons. The van der Waals surface area contributed by atoms with Crippen LogP contribution >= 0.6 is 12.4 Å². The van der Waals surface area contributed by atoms with Crippen LogP contribution in [0.4, 0.5) is 4.39 Å². The first-order chi connectivity index (χ1) is 8.81. The zero-order valence-corrected chi connectivity index (χ0v) is 11.8. The Bertz CT molecular complexity index is 554. The van der Waals surface area contributed by atoms with Gasteiger partial charge in [0, 0.05) is 10.9 Å². The number of nitrogens with one attached hydrogen (secondary N) is 1. The normalized spacial score (nSPS) is 23.3. The predicted octanol–water partition coefficient (Wildman–Crippen LogP) is 4.10. The Balaban J connectivity index is 0.00000133. The lowest BCUT2D eigenvalue weighted by Gasteiger charge is -2.32. The van der Waals surface area contributed by atoms with E-state index in [0.29, 0.717) is 5.92 Å². The fourth-order valence-electron chi connectivity index (χ4n) is 3.11. The van der Waals surface area contributed by atoms with Gasteiger partial charge in [0.05, 0.1) is 6.26 Å². The fourth-order valence-corrected chi connectivity index (χ4v) is 3.11. The maximum Gasteiger partial charge on any atom is 0.140 e. The molecule has 1 aromatic carbocycles. The van der Waals surface area contributed by atoms with Crippen molar-refractivity contribution in [2.75, 3.05) is 13.1 Å². The maximum atomic E-state index is 14.2. The van der Waals surface area contributed by atoms with Crippen LogP contribution in [0, 0.1) is 11.7 Å². The molecule has 0 bridgehead atoms. The van der Waals surface area contributed by atoms with E-state index in [9.17, 15) is 4.39 Å². The van der Waals surface area contributed by atoms with E-state index in [1.54, 1.807) is 18.4 Å². The van der Waals surface area contributed by atoms with Crippen LogP contribution in [0.5, 0.6) is 0 Å². The summed E-state index contributed by atoms with van der Waals surface area (Å²) >= 11 is 0. The molecular formula is C15H19ClFNO. The summed E-state index contributed by atoms with van der Waals surface area (Å²) in [7, 11) is 0. The van der Waals surface area contributed by atoms with Gasteiger partial charge in [0.15, 0.2) is 0 Å². The van der Waals surface area contributed by atoms with Crippen LogP contribution in [0.2, 0.25) is 0 Å². The molecule has 0 spiro atoms. The Kier molecular flexibility index (Phi) is 4.48. The quantitative estimate of drug-likeness (QED) is 0.898. The van der Waals surface area contributed by atoms with Gasteiger partial charge < -0.3 is 9.73 Å². The molecule has 3 rings (SSSR count). The fraction of sp³-hybridized carbons (Fsp3) is 0.467. The average molecular weight is 284 g/mol. The van der Waals surface area contributed by atoms with Gasteiger partial charge in [-0.15, -0.1) is 12.4 Å². The van der Waals surface area contributed by atoms with Crippen molar-refractivity contribution in [2.24, 2.45) is 5.92 Å². The van der Waals surface area contributed by atoms with Crippen LogP contribution in [-0.4, -0.2) is 13.1 Å². The molecule has 4 heteroatoms. The van der Waals surface area contributed by atoms with Crippen molar-refractivity contribution in [3.63, 3.8) is 0 Å². The smallest absolute Gasteiger partial charge is 0.140 e. The van der Waals surface area contributed by atoms with E-state index in [-0.39, 0.29) is 24.1 Å². The van der Waals surface area contributed by atoms with Crippen LogP contribution in [0.25, 0.3) is 11.0 Å². The topological polar surface area (TPSA) is 25.2 Å². The molecule has 2 nitrogen and oxygen atoms in total. The minimum absolute atomic E-state index is 0. The summed E-state index contributed by atoms with van der Waals surface area (Å²) in [4.78, 5) is 0. The molecule has 1 aliphatic rings. The molecule has 0 saturated carbocycles. The summed E-state index contributed by atoms with van der Waals surface area (Å²) in [5.74, 6) is 0.637. The van der Waals surface area contributed by atoms with Gasteiger partial charge in [0.1, 0.15) is 11.4 Å². The Morgan fingerprint density at radius 1 is 1.37 bits per heavy atom. The van der Waals surface area contributed by atoms with E-state index >= 15 is 0 Å². The third-order valence-corrected chi connectivity index (χ3v) is 4.11. The molecule has 1 aliphatic heterocycles.